The number of hydrogen-bond donors (Lipinski definition) is 2. The second-order valence-electron chi connectivity index (χ2n) is 3.98. The highest BCUT2D eigenvalue weighted by molar-refractivity contribution is 5.61. The first-order chi connectivity index (χ1) is 8.04. The molecule has 3 unspecified atom stereocenters. The molecule has 96 valence electrons. The van der Waals surface area contributed by atoms with E-state index in [0.717, 1.165) is 0 Å². The van der Waals surface area contributed by atoms with E-state index in [9.17, 15) is 15.0 Å². The van der Waals surface area contributed by atoms with Gasteiger partial charge in [0.15, 0.2) is 12.4 Å². The van der Waals surface area contributed by atoms with E-state index in [4.69, 9.17) is 9.47 Å². The zero-order valence-electron chi connectivity index (χ0n) is 10.2. The smallest absolute Gasteiger partial charge is 0.175 e. The average Bonchev–Trinajstić information content (AvgIpc) is 2.35. The minimum atomic E-state index is -0.739. The highest BCUT2D eigenvalue weighted by atomic mass is 16.5. The number of aliphatic hydroxyl groups is 2. The van der Waals surface area contributed by atoms with Gasteiger partial charge in [-0.05, 0) is 6.92 Å². The molecule has 0 aromatic carbocycles. The topological polar surface area (TPSA) is 76.0 Å². The molecular weight excluding hydrogens is 224 g/mol. The van der Waals surface area contributed by atoms with Crippen LogP contribution < -0.4 is 0 Å². The minimum absolute atomic E-state index is 0.266. The number of hydrogen-bond acceptors (Lipinski definition) is 5. The van der Waals surface area contributed by atoms with E-state index in [-0.39, 0.29) is 12.5 Å². The van der Waals surface area contributed by atoms with E-state index in [1.54, 1.807) is 13.8 Å². The minimum Gasteiger partial charge on any atom is -0.496 e. The average molecular weight is 242 g/mol. The molecule has 17 heavy (non-hydrogen) atoms. The zero-order chi connectivity index (χ0) is 13.0. The van der Waals surface area contributed by atoms with Crippen molar-refractivity contribution in [3.63, 3.8) is 0 Å². The van der Waals surface area contributed by atoms with E-state index >= 15 is 0 Å². The Morgan fingerprint density at radius 2 is 2.24 bits per heavy atom. The summed E-state index contributed by atoms with van der Waals surface area (Å²) >= 11 is 0. The van der Waals surface area contributed by atoms with Crippen LogP contribution in [0.15, 0.2) is 23.2 Å². The van der Waals surface area contributed by atoms with Crippen LogP contribution in [0.2, 0.25) is 0 Å². The molecule has 5 nitrogen and oxygen atoms in total. The monoisotopic (exact) mass is 242 g/mol. The van der Waals surface area contributed by atoms with Gasteiger partial charge in [0.05, 0.1) is 25.4 Å². The summed E-state index contributed by atoms with van der Waals surface area (Å²) in [5, 5.41) is 18.9. The zero-order valence-corrected chi connectivity index (χ0v) is 10.2. The Labute approximate surface area is 100 Å². The largest absolute Gasteiger partial charge is 0.496 e. The highest BCUT2D eigenvalue weighted by Crippen LogP contribution is 2.30. The van der Waals surface area contributed by atoms with Crippen molar-refractivity contribution < 1.29 is 24.5 Å². The fourth-order valence-electron chi connectivity index (χ4n) is 1.64. The Hall–Kier alpha value is -1.33. The van der Waals surface area contributed by atoms with E-state index in [0.29, 0.717) is 23.4 Å². The standard InChI is InChI=1S/C12H18O5/c1-7(8(2)15)12-10(6-14)11(16-3)4-9(5-13)17-12/h4-5,7-9,14-15H,6H2,1-3H3. The normalized spacial score (nSPS) is 23.6. The fraction of sp³-hybridized carbons (Fsp3) is 0.583. The molecule has 1 rings (SSSR count). The number of carbonyl (C=O) groups is 1. The summed E-state index contributed by atoms with van der Waals surface area (Å²) in [6, 6.07) is 0. The summed E-state index contributed by atoms with van der Waals surface area (Å²) in [6.45, 7) is 3.12. The lowest BCUT2D eigenvalue weighted by molar-refractivity contribution is -0.114. The van der Waals surface area contributed by atoms with Crippen molar-refractivity contribution in [2.24, 2.45) is 5.92 Å². The van der Waals surface area contributed by atoms with Crippen LogP contribution in [-0.2, 0) is 14.3 Å². The maximum Gasteiger partial charge on any atom is 0.175 e. The predicted molar refractivity (Wildman–Crippen MR) is 61.0 cm³/mol. The first-order valence-corrected chi connectivity index (χ1v) is 5.45. The third kappa shape index (κ3) is 2.87. The summed E-state index contributed by atoms with van der Waals surface area (Å²) in [6.07, 6.45) is 0.755. The Morgan fingerprint density at radius 3 is 2.65 bits per heavy atom. The van der Waals surface area contributed by atoms with Crippen molar-refractivity contribution in [2.45, 2.75) is 26.1 Å². The molecular formula is C12H18O5. The van der Waals surface area contributed by atoms with Crippen molar-refractivity contribution in [3.05, 3.63) is 23.2 Å². The Balaban J connectivity index is 3.14. The maximum atomic E-state index is 10.8. The van der Waals surface area contributed by atoms with Gasteiger partial charge in [-0.2, -0.15) is 0 Å². The Bertz CT molecular complexity index is 343. The van der Waals surface area contributed by atoms with Crippen molar-refractivity contribution >= 4 is 6.29 Å². The first kappa shape index (κ1) is 13.7. The second-order valence-corrected chi connectivity index (χ2v) is 3.98. The number of aliphatic hydroxyl groups excluding tert-OH is 2. The molecule has 0 amide bonds. The maximum absolute atomic E-state index is 10.8. The Morgan fingerprint density at radius 1 is 1.59 bits per heavy atom. The molecule has 1 aliphatic rings. The number of aldehydes is 1. The van der Waals surface area contributed by atoms with Gasteiger partial charge < -0.3 is 19.7 Å². The van der Waals surface area contributed by atoms with Crippen LogP contribution in [0.3, 0.4) is 0 Å². The van der Waals surface area contributed by atoms with Crippen LogP contribution in [0.4, 0.5) is 0 Å². The molecule has 0 saturated heterocycles. The van der Waals surface area contributed by atoms with E-state index in [1.165, 1.54) is 13.2 Å². The van der Waals surface area contributed by atoms with Gasteiger partial charge in [0.25, 0.3) is 0 Å². The quantitative estimate of drug-likeness (QED) is 0.681. The molecule has 0 bridgehead atoms. The fourth-order valence-corrected chi connectivity index (χ4v) is 1.64. The van der Waals surface area contributed by atoms with Crippen molar-refractivity contribution in [3.8, 4) is 0 Å². The van der Waals surface area contributed by atoms with Crippen LogP contribution in [0.1, 0.15) is 13.8 Å². The molecule has 0 aliphatic carbocycles. The highest BCUT2D eigenvalue weighted by Gasteiger charge is 2.29. The molecule has 1 heterocycles. The summed E-state index contributed by atoms with van der Waals surface area (Å²) in [5.74, 6) is 0.496. The van der Waals surface area contributed by atoms with Gasteiger partial charge in [-0.25, -0.2) is 0 Å². The van der Waals surface area contributed by atoms with E-state index in [1.807, 2.05) is 0 Å². The first-order valence-electron chi connectivity index (χ1n) is 5.45. The summed E-state index contributed by atoms with van der Waals surface area (Å²) < 4.78 is 10.5. The van der Waals surface area contributed by atoms with Crippen LogP contribution >= 0.6 is 0 Å². The molecule has 0 spiro atoms. The molecule has 0 saturated carbocycles. The molecule has 0 fully saturated rings. The molecule has 3 atom stereocenters. The van der Waals surface area contributed by atoms with Gasteiger partial charge >= 0.3 is 0 Å². The number of ether oxygens (including phenoxy) is 2. The lowest BCUT2D eigenvalue weighted by Crippen LogP contribution is -2.27. The van der Waals surface area contributed by atoms with Crippen LogP contribution in [-0.4, -0.2) is 42.4 Å². The lowest BCUT2D eigenvalue weighted by Gasteiger charge is -2.28. The van der Waals surface area contributed by atoms with Crippen LogP contribution in [0, 0.1) is 5.92 Å². The van der Waals surface area contributed by atoms with Crippen LogP contribution in [0.25, 0.3) is 0 Å². The SMILES string of the molecule is COC1=CC(C=O)OC(C(C)C(C)O)=C1CO. The van der Waals surface area contributed by atoms with Crippen molar-refractivity contribution in [1.29, 1.82) is 0 Å². The third-order valence-corrected chi connectivity index (χ3v) is 2.82. The Kier molecular flexibility index (Phi) is 4.72. The number of methoxy groups -OCH3 is 1. The van der Waals surface area contributed by atoms with Gasteiger partial charge in [-0.3, -0.25) is 4.79 Å². The lowest BCUT2D eigenvalue weighted by atomic mass is 9.96. The summed E-state index contributed by atoms with van der Waals surface area (Å²) in [7, 11) is 1.46. The second kappa shape index (κ2) is 5.84. The number of rotatable bonds is 5. The van der Waals surface area contributed by atoms with Gasteiger partial charge in [0.2, 0.25) is 0 Å². The third-order valence-electron chi connectivity index (χ3n) is 2.82. The van der Waals surface area contributed by atoms with E-state index in [2.05, 4.69) is 0 Å². The van der Waals surface area contributed by atoms with E-state index < -0.39 is 12.2 Å². The summed E-state index contributed by atoms with van der Waals surface area (Å²) in [5.41, 5.74) is 0.471. The molecule has 0 aromatic heterocycles. The predicted octanol–water partition coefficient (Wildman–Crippen LogP) is 0.378. The molecule has 2 N–H and O–H groups in total. The molecule has 0 radical (unpaired) electrons. The molecule has 0 aromatic rings. The van der Waals surface area contributed by atoms with Gasteiger partial charge in [-0.1, -0.05) is 6.92 Å². The summed E-state index contributed by atoms with van der Waals surface area (Å²) in [4.78, 5) is 10.8. The van der Waals surface area contributed by atoms with Gasteiger partial charge in [0.1, 0.15) is 11.5 Å². The molecule has 5 heteroatoms. The molecule has 1 aliphatic heterocycles. The van der Waals surface area contributed by atoms with Gasteiger partial charge in [-0.15, -0.1) is 0 Å². The van der Waals surface area contributed by atoms with Crippen molar-refractivity contribution in [2.75, 3.05) is 13.7 Å². The number of carbonyl (C=O) groups excluding carboxylic acids is 1. The van der Waals surface area contributed by atoms with Crippen LogP contribution in [0.5, 0.6) is 0 Å². The van der Waals surface area contributed by atoms with Crippen molar-refractivity contribution in [1.82, 2.24) is 0 Å². The van der Waals surface area contributed by atoms with Gasteiger partial charge in [0, 0.05) is 12.0 Å².